The summed E-state index contributed by atoms with van der Waals surface area (Å²) in [6.07, 6.45) is 3.90. The molecule has 0 spiro atoms. The number of likely N-dealkylation sites (N-methyl/N-ethyl adjacent to an activating group) is 1. The lowest BCUT2D eigenvalue weighted by atomic mass is 10.0. The van der Waals surface area contributed by atoms with Crippen molar-refractivity contribution < 1.29 is 4.79 Å². The van der Waals surface area contributed by atoms with Crippen LogP contribution in [0, 0.1) is 0 Å². The summed E-state index contributed by atoms with van der Waals surface area (Å²) in [5.74, 6) is 0.151. The highest BCUT2D eigenvalue weighted by atomic mass is 16.1. The first-order valence-corrected chi connectivity index (χ1v) is 8.83. The predicted octanol–water partition coefficient (Wildman–Crippen LogP) is 2.67. The van der Waals surface area contributed by atoms with Crippen molar-refractivity contribution in [3.8, 4) is 0 Å². The van der Waals surface area contributed by atoms with Gasteiger partial charge < -0.3 is 15.1 Å². The number of nitrogens with one attached hydrogen (secondary N) is 1. The van der Waals surface area contributed by atoms with Gasteiger partial charge in [0.15, 0.2) is 0 Å². The topological polar surface area (TPSA) is 35.6 Å². The summed E-state index contributed by atoms with van der Waals surface area (Å²) in [7, 11) is 4.38. The van der Waals surface area contributed by atoms with E-state index in [2.05, 4.69) is 41.3 Å². The van der Waals surface area contributed by atoms with Crippen LogP contribution in [0.3, 0.4) is 0 Å². The number of nitrogens with zero attached hydrogens (tertiary/aromatic N) is 2. The molecular formula is C19H31N3O. The highest BCUT2D eigenvalue weighted by molar-refractivity contribution is 5.76. The van der Waals surface area contributed by atoms with E-state index in [1.165, 1.54) is 18.4 Å². The van der Waals surface area contributed by atoms with E-state index in [-0.39, 0.29) is 11.9 Å². The van der Waals surface area contributed by atoms with Gasteiger partial charge in [-0.25, -0.2) is 0 Å². The van der Waals surface area contributed by atoms with Crippen LogP contribution in [-0.2, 0) is 4.79 Å². The van der Waals surface area contributed by atoms with Crippen molar-refractivity contribution in [2.24, 2.45) is 0 Å². The Balaban J connectivity index is 2.00. The van der Waals surface area contributed by atoms with Gasteiger partial charge in [-0.05, 0) is 52.0 Å². The second-order valence-electron chi connectivity index (χ2n) is 6.75. The molecule has 0 radical (unpaired) electrons. The second kappa shape index (κ2) is 9.04. The number of carbonyl (C=O) groups is 1. The van der Waals surface area contributed by atoms with E-state index in [1.807, 2.05) is 25.1 Å². The van der Waals surface area contributed by atoms with Crippen LogP contribution in [0.15, 0.2) is 30.3 Å². The molecule has 1 heterocycles. The lowest BCUT2D eigenvalue weighted by Crippen LogP contribution is -2.45. The minimum atomic E-state index is 0.0694. The number of hydrogen-bond donors (Lipinski definition) is 1. The highest BCUT2D eigenvalue weighted by Gasteiger charge is 2.24. The summed E-state index contributed by atoms with van der Waals surface area (Å²) in [5.41, 5.74) is 1.19. The fraction of sp³-hybridized carbons (Fsp3) is 0.632. The predicted molar refractivity (Wildman–Crippen MR) is 95.4 cm³/mol. The molecule has 0 bridgehead atoms. The number of carbonyl (C=O) groups excluding carboxylic acids is 1. The average Bonchev–Trinajstić information content (AvgIpc) is 2.56. The molecule has 1 N–H and O–H groups in total. The largest absolute Gasteiger partial charge is 0.348 e. The summed E-state index contributed by atoms with van der Waals surface area (Å²) in [6, 6.07) is 11.0. The Morgan fingerprint density at radius 3 is 2.57 bits per heavy atom. The summed E-state index contributed by atoms with van der Waals surface area (Å²) < 4.78 is 0. The molecule has 1 atom stereocenters. The van der Waals surface area contributed by atoms with Crippen molar-refractivity contribution in [3.05, 3.63) is 35.9 Å². The third-order valence-electron chi connectivity index (χ3n) is 4.80. The molecule has 1 aromatic rings. The maximum Gasteiger partial charge on any atom is 0.220 e. The van der Waals surface area contributed by atoms with Gasteiger partial charge in [-0.15, -0.1) is 0 Å². The molecule has 1 aromatic carbocycles. The molecule has 1 amide bonds. The zero-order chi connectivity index (χ0) is 16.7. The zero-order valence-corrected chi connectivity index (χ0v) is 14.8. The van der Waals surface area contributed by atoms with Gasteiger partial charge >= 0.3 is 0 Å². The van der Waals surface area contributed by atoms with Gasteiger partial charge in [-0.2, -0.15) is 0 Å². The van der Waals surface area contributed by atoms with Crippen LogP contribution in [0.4, 0.5) is 0 Å². The first-order chi connectivity index (χ1) is 11.1. The van der Waals surface area contributed by atoms with Crippen molar-refractivity contribution in [3.63, 3.8) is 0 Å². The van der Waals surface area contributed by atoms with E-state index in [0.717, 1.165) is 26.1 Å². The molecular weight excluding hydrogens is 286 g/mol. The van der Waals surface area contributed by atoms with Crippen LogP contribution in [0.25, 0.3) is 0 Å². The molecule has 0 aromatic heterocycles. The summed E-state index contributed by atoms with van der Waals surface area (Å²) in [5, 5.41) is 3.22. The van der Waals surface area contributed by atoms with Crippen LogP contribution in [0.1, 0.15) is 44.2 Å². The van der Waals surface area contributed by atoms with E-state index in [4.69, 9.17) is 0 Å². The Hall–Kier alpha value is -1.39. The minimum absolute atomic E-state index is 0.0694. The van der Waals surface area contributed by atoms with Gasteiger partial charge in [0.2, 0.25) is 5.91 Å². The van der Waals surface area contributed by atoms with Gasteiger partial charge in [-0.1, -0.05) is 37.3 Å². The maximum absolute atomic E-state index is 12.1. The Morgan fingerprint density at radius 1 is 1.30 bits per heavy atom. The molecule has 0 aliphatic carbocycles. The third-order valence-corrected chi connectivity index (χ3v) is 4.80. The first-order valence-electron chi connectivity index (χ1n) is 8.83. The molecule has 2 rings (SSSR count). The third kappa shape index (κ3) is 5.63. The summed E-state index contributed by atoms with van der Waals surface area (Å²) >= 11 is 0. The van der Waals surface area contributed by atoms with Gasteiger partial charge in [0.05, 0.1) is 6.04 Å². The zero-order valence-electron chi connectivity index (χ0n) is 14.8. The number of benzene rings is 1. The molecule has 1 saturated heterocycles. The molecule has 1 aliphatic rings. The molecule has 0 saturated carbocycles. The van der Waals surface area contributed by atoms with Crippen LogP contribution in [-0.4, -0.2) is 55.5 Å². The SMILES string of the molecule is CCCC(=O)NC(CN(C)C1CCN(C)CC1)c1ccccc1. The Labute approximate surface area is 140 Å². The molecule has 4 heteroatoms. The molecule has 23 heavy (non-hydrogen) atoms. The lowest BCUT2D eigenvalue weighted by Gasteiger charge is -2.37. The van der Waals surface area contributed by atoms with Crippen LogP contribution in [0.2, 0.25) is 0 Å². The van der Waals surface area contributed by atoms with Crippen molar-refractivity contribution in [1.82, 2.24) is 15.1 Å². The van der Waals surface area contributed by atoms with Crippen molar-refractivity contribution in [1.29, 1.82) is 0 Å². The quantitative estimate of drug-likeness (QED) is 0.840. The molecule has 128 valence electrons. The van der Waals surface area contributed by atoms with E-state index in [1.54, 1.807) is 0 Å². The molecule has 1 unspecified atom stereocenters. The monoisotopic (exact) mass is 317 g/mol. The molecule has 1 fully saturated rings. The van der Waals surface area contributed by atoms with Crippen LogP contribution < -0.4 is 5.32 Å². The smallest absolute Gasteiger partial charge is 0.220 e. The normalized spacial score (nSPS) is 18.1. The van der Waals surface area contributed by atoms with Crippen LogP contribution >= 0.6 is 0 Å². The van der Waals surface area contributed by atoms with Crippen molar-refractivity contribution in [2.75, 3.05) is 33.7 Å². The number of piperidine rings is 1. The van der Waals surface area contributed by atoms with Gasteiger partial charge in [0, 0.05) is 19.0 Å². The van der Waals surface area contributed by atoms with Gasteiger partial charge in [-0.3, -0.25) is 4.79 Å². The van der Waals surface area contributed by atoms with Crippen LogP contribution in [0.5, 0.6) is 0 Å². The first kappa shape index (κ1) is 18.0. The Kier molecular flexibility index (Phi) is 7.06. The molecule has 4 nitrogen and oxygen atoms in total. The maximum atomic E-state index is 12.1. The van der Waals surface area contributed by atoms with E-state index in [0.29, 0.717) is 12.5 Å². The summed E-state index contributed by atoms with van der Waals surface area (Å²) in [4.78, 5) is 16.9. The van der Waals surface area contributed by atoms with Crippen molar-refractivity contribution in [2.45, 2.75) is 44.7 Å². The fourth-order valence-electron chi connectivity index (χ4n) is 3.29. The van der Waals surface area contributed by atoms with Gasteiger partial charge in [0.1, 0.15) is 0 Å². The summed E-state index contributed by atoms with van der Waals surface area (Å²) in [6.45, 7) is 5.23. The van der Waals surface area contributed by atoms with Crippen molar-refractivity contribution >= 4 is 5.91 Å². The Bertz CT molecular complexity index is 469. The number of hydrogen-bond acceptors (Lipinski definition) is 3. The highest BCUT2D eigenvalue weighted by Crippen LogP contribution is 2.19. The average molecular weight is 317 g/mol. The van der Waals surface area contributed by atoms with Gasteiger partial charge in [0.25, 0.3) is 0 Å². The number of amides is 1. The number of rotatable bonds is 7. The Morgan fingerprint density at radius 2 is 1.96 bits per heavy atom. The standard InChI is InChI=1S/C19H31N3O/c1-4-8-19(23)20-18(16-9-6-5-7-10-16)15-22(3)17-11-13-21(2)14-12-17/h5-7,9-10,17-18H,4,8,11-15H2,1-3H3,(H,20,23). The second-order valence-corrected chi connectivity index (χ2v) is 6.75. The molecule has 1 aliphatic heterocycles. The number of likely N-dealkylation sites (tertiary alicyclic amines) is 1. The van der Waals surface area contributed by atoms with E-state index in [9.17, 15) is 4.79 Å². The van der Waals surface area contributed by atoms with E-state index < -0.39 is 0 Å². The van der Waals surface area contributed by atoms with E-state index >= 15 is 0 Å². The minimum Gasteiger partial charge on any atom is -0.348 e. The fourth-order valence-corrected chi connectivity index (χ4v) is 3.29. The lowest BCUT2D eigenvalue weighted by molar-refractivity contribution is -0.122.